The van der Waals surface area contributed by atoms with Gasteiger partial charge in [-0.2, -0.15) is 0 Å². The molecule has 13 heavy (non-hydrogen) atoms. The van der Waals surface area contributed by atoms with Crippen molar-refractivity contribution in [2.75, 3.05) is 12.5 Å². The third-order valence-electron chi connectivity index (χ3n) is 1.32. The van der Waals surface area contributed by atoms with Crippen molar-refractivity contribution in [3.8, 4) is 0 Å². The second-order valence-electron chi connectivity index (χ2n) is 2.72. The van der Waals surface area contributed by atoms with Crippen LogP contribution in [0.15, 0.2) is 24.3 Å². The molecule has 0 heterocycles. The van der Waals surface area contributed by atoms with Crippen LogP contribution in [0.3, 0.4) is 0 Å². The van der Waals surface area contributed by atoms with Crippen LogP contribution in [0, 0.1) is 6.92 Å². The van der Waals surface area contributed by atoms with Crippen molar-refractivity contribution < 1.29 is 9.35 Å². The van der Waals surface area contributed by atoms with Gasteiger partial charge in [0.05, 0.1) is 12.5 Å². The Labute approximate surface area is 82.2 Å². The van der Waals surface area contributed by atoms with Gasteiger partial charge in [0.25, 0.3) is 0 Å². The average Bonchev–Trinajstić information content (AvgIpc) is 2.04. The summed E-state index contributed by atoms with van der Waals surface area (Å²) >= 11 is -0.611. The van der Waals surface area contributed by atoms with Gasteiger partial charge in [0.1, 0.15) is 6.29 Å². The quantitative estimate of drug-likeness (QED) is 0.510. The Kier molecular flexibility index (Phi) is 6.28. The molecule has 3 heteroatoms. The molecular weight excluding hydrogens is 184 g/mol. The second-order valence-corrected chi connectivity index (χ2v) is 4.20. The number of carbonyl (C=O) groups excluding carboxylic acids is 1. The lowest BCUT2D eigenvalue weighted by Gasteiger charge is -1.92. The lowest BCUT2D eigenvalue weighted by Crippen LogP contribution is -1.86. The molecule has 0 radical (unpaired) electrons. The zero-order valence-corrected chi connectivity index (χ0v) is 8.93. The molecule has 0 aliphatic heterocycles. The molecule has 1 aromatic rings. The van der Waals surface area contributed by atoms with Gasteiger partial charge in [-0.3, -0.25) is 4.79 Å². The van der Waals surface area contributed by atoms with Crippen molar-refractivity contribution >= 4 is 17.5 Å². The molecule has 2 nitrogen and oxygen atoms in total. The minimum absolute atomic E-state index is 0.611. The first-order valence-electron chi connectivity index (χ1n) is 3.83. The fourth-order valence-corrected chi connectivity index (χ4v) is 0.719. The van der Waals surface area contributed by atoms with Gasteiger partial charge in [-0.1, -0.05) is 35.4 Å². The second kappa shape index (κ2) is 6.69. The van der Waals surface area contributed by atoms with Crippen molar-refractivity contribution in [3.05, 3.63) is 35.4 Å². The molecule has 0 aliphatic carbocycles. The molecule has 0 aliphatic rings. The molecular formula is C10H14O2S. The first kappa shape index (κ1) is 12.2. The molecule has 0 spiro atoms. The summed E-state index contributed by atoms with van der Waals surface area (Å²) in [5, 5.41) is 0. The molecule has 72 valence electrons. The van der Waals surface area contributed by atoms with Crippen LogP contribution in [0.5, 0.6) is 0 Å². The Morgan fingerprint density at radius 3 is 2.08 bits per heavy atom. The Morgan fingerprint density at radius 1 is 1.31 bits per heavy atom. The van der Waals surface area contributed by atoms with E-state index in [-0.39, 0.29) is 0 Å². The van der Waals surface area contributed by atoms with Crippen LogP contribution in [0.25, 0.3) is 0 Å². The fraction of sp³-hybridized carbons (Fsp3) is 0.300. The van der Waals surface area contributed by atoms with Crippen LogP contribution < -0.4 is 0 Å². The van der Waals surface area contributed by atoms with Crippen molar-refractivity contribution in [2.24, 2.45) is 0 Å². The van der Waals surface area contributed by atoms with E-state index in [2.05, 4.69) is 0 Å². The highest BCUT2D eigenvalue weighted by Gasteiger charge is 1.90. The number of aryl methyl sites for hydroxylation is 1. The molecule has 1 rings (SSSR count). The van der Waals surface area contributed by atoms with E-state index in [4.69, 9.17) is 0 Å². The average molecular weight is 198 g/mol. The highest BCUT2D eigenvalue weighted by molar-refractivity contribution is 7.89. The number of aldehydes is 1. The van der Waals surface area contributed by atoms with E-state index in [1.54, 1.807) is 12.5 Å². The Hall–Kier alpha value is -0.800. The predicted molar refractivity (Wildman–Crippen MR) is 56.6 cm³/mol. The summed E-state index contributed by atoms with van der Waals surface area (Å²) in [7, 11) is 0. The molecule has 0 aromatic heterocycles. The van der Waals surface area contributed by atoms with Crippen LogP contribution in [-0.4, -0.2) is 23.4 Å². The molecule has 1 aromatic carbocycles. The van der Waals surface area contributed by atoms with Gasteiger partial charge in [0, 0.05) is 5.56 Å². The Bertz CT molecular complexity index is 256. The van der Waals surface area contributed by atoms with Crippen LogP contribution in [0.4, 0.5) is 0 Å². The van der Waals surface area contributed by atoms with Crippen LogP contribution in [0.2, 0.25) is 0 Å². The van der Waals surface area contributed by atoms with E-state index in [0.29, 0.717) is 0 Å². The molecule has 0 saturated heterocycles. The van der Waals surface area contributed by atoms with E-state index >= 15 is 0 Å². The third kappa shape index (κ3) is 6.37. The molecule has 0 bridgehead atoms. The number of benzene rings is 1. The van der Waals surface area contributed by atoms with E-state index in [1.807, 2.05) is 31.2 Å². The smallest absolute Gasteiger partial charge is 0.150 e. The van der Waals surface area contributed by atoms with Crippen molar-refractivity contribution in [3.63, 3.8) is 0 Å². The molecule has 0 saturated carbocycles. The minimum Gasteiger partial charge on any atom is -0.617 e. The van der Waals surface area contributed by atoms with Gasteiger partial charge in [-0.15, -0.1) is 0 Å². The van der Waals surface area contributed by atoms with Crippen molar-refractivity contribution in [1.29, 1.82) is 0 Å². The molecule has 0 amide bonds. The van der Waals surface area contributed by atoms with E-state index < -0.39 is 11.2 Å². The van der Waals surface area contributed by atoms with Gasteiger partial charge in [-0.05, 0) is 12.5 Å². The maximum absolute atomic E-state index is 10.2. The third-order valence-corrected chi connectivity index (χ3v) is 1.32. The SMILES string of the molecule is C[S+](C)[O-].Cc1ccccc1C=O. The van der Waals surface area contributed by atoms with Gasteiger partial charge >= 0.3 is 0 Å². The summed E-state index contributed by atoms with van der Waals surface area (Å²) < 4.78 is 9.56. The van der Waals surface area contributed by atoms with Gasteiger partial charge in [0.2, 0.25) is 0 Å². The maximum atomic E-state index is 10.2. The minimum atomic E-state index is -0.611. The largest absolute Gasteiger partial charge is 0.617 e. The number of rotatable bonds is 1. The summed E-state index contributed by atoms with van der Waals surface area (Å²) in [4.78, 5) is 10.2. The summed E-state index contributed by atoms with van der Waals surface area (Å²) in [6.07, 6.45) is 4.15. The van der Waals surface area contributed by atoms with Gasteiger partial charge < -0.3 is 4.55 Å². The maximum Gasteiger partial charge on any atom is 0.150 e. The number of hydrogen-bond donors (Lipinski definition) is 0. The molecule has 0 unspecified atom stereocenters. The van der Waals surface area contributed by atoms with Gasteiger partial charge in [-0.25, -0.2) is 0 Å². The van der Waals surface area contributed by atoms with E-state index in [9.17, 15) is 9.35 Å². The van der Waals surface area contributed by atoms with Crippen LogP contribution >= 0.6 is 0 Å². The first-order valence-corrected chi connectivity index (χ1v) is 5.80. The highest BCUT2D eigenvalue weighted by Crippen LogP contribution is 2.02. The predicted octanol–water partition coefficient (Wildman–Crippen LogP) is 1.80. The van der Waals surface area contributed by atoms with Crippen molar-refractivity contribution in [2.45, 2.75) is 6.92 Å². The standard InChI is InChI=1S/C8H8O.C2H6OS/c1-7-4-2-3-5-8(7)6-9;1-4(2)3/h2-6H,1H3;1-2H3. The number of carbonyl (C=O) groups is 1. The fourth-order valence-electron chi connectivity index (χ4n) is 0.719. The number of hydrogen-bond acceptors (Lipinski definition) is 2. The first-order chi connectivity index (χ1) is 6.07. The summed E-state index contributed by atoms with van der Waals surface area (Å²) in [6.45, 7) is 1.92. The lowest BCUT2D eigenvalue weighted by molar-refractivity contribution is 0.112. The highest BCUT2D eigenvalue weighted by atomic mass is 32.2. The molecule has 0 N–H and O–H groups in total. The zero-order chi connectivity index (χ0) is 10.3. The Morgan fingerprint density at radius 2 is 1.77 bits per heavy atom. The van der Waals surface area contributed by atoms with Crippen LogP contribution in [0.1, 0.15) is 15.9 Å². The molecule has 0 atom stereocenters. The summed E-state index contributed by atoms with van der Waals surface area (Å²) in [6, 6.07) is 7.51. The van der Waals surface area contributed by atoms with E-state index in [0.717, 1.165) is 17.4 Å². The Balaban J connectivity index is 0.000000310. The van der Waals surface area contributed by atoms with Gasteiger partial charge in [0.15, 0.2) is 0 Å². The topological polar surface area (TPSA) is 40.1 Å². The summed E-state index contributed by atoms with van der Waals surface area (Å²) in [5.74, 6) is 0. The normalized spacial score (nSPS) is 9.00. The monoisotopic (exact) mass is 198 g/mol. The lowest BCUT2D eigenvalue weighted by atomic mass is 10.1. The van der Waals surface area contributed by atoms with Crippen molar-refractivity contribution in [1.82, 2.24) is 0 Å². The zero-order valence-electron chi connectivity index (χ0n) is 8.11. The molecule has 0 fully saturated rings. The van der Waals surface area contributed by atoms with E-state index in [1.165, 1.54) is 0 Å². The van der Waals surface area contributed by atoms with Crippen LogP contribution in [-0.2, 0) is 11.2 Å². The summed E-state index contributed by atoms with van der Waals surface area (Å²) in [5.41, 5.74) is 1.81.